The minimum absolute atomic E-state index is 0.120. The van der Waals surface area contributed by atoms with Gasteiger partial charge in [0.25, 0.3) is 0 Å². The largest absolute Gasteiger partial charge is 0.314 e. The lowest BCUT2D eigenvalue weighted by Gasteiger charge is -2.27. The average molecular weight is 263 g/mol. The van der Waals surface area contributed by atoms with Crippen molar-refractivity contribution in [2.24, 2.45) is 5.92 Å². The molecule has 1 aliphatic carbocycles. The third kappa shape index (κ3) is 4.94. The second-order valence-electron chi connectivity index (χ2n) is 5.83. The van der Waals surface area contributed by atoms with Gasteiger partial charge in [0.15, 0.2) is 0 Å². The highest BCUT2D eigenvalue weighted by molar-refractivity contribution is 5.17. The van der Waals surface area contributed by atoms with E-state index in [1.54, 1.807) is 6.07 Å². The van der Waals surface area contributed by atoms with Gasteiger partial charge in [-0.15, -0.1) is 0 Å². The Hall–Kier alpha value is -0.890. The summed E-state index contributed by atoms with van der Waals surface area (Å²) in [5.74, 6) is 0.747. The Bertz CT molecular complexity index is 371. The number of hydrogen-bond acceptors (Lipinski definition) is 1. The zero-order chi connectivity index (χ0) is 13.5. The zero-order valence-corrected chi connectivity index (χ0v) is 12.0. The highest BCUT2D eigenvalue weighted by atomic mass is 19.1. The number of rotatable bonds is 6. The minimum atomic E-state index is -0.120. The van der Waals surface area contributed by atoms with Crippen molar-refractivity contribution in [2.75, 3.05) is 6.54 Å². The van der Waals surface area contributed by atoms with Crippen molar-refractivity contribution in [2.45, 2.75) is 57.9 Å². The van der Waals surface area contributed by atoms with E-state index in [1.807, 2.05) is 12.1 Å². The molecule has 2 rings (SSSR count). The van der Waals surface area contributed by atoms with Gasteiger partial charge in [0.2, 0.25) is 0 Å². The van der Waals surface area contributed by atoms with E-state index < -0.39 is 0 Å². The van der Waals surface area contributed by atoms with Gasteiger partial charge in [-0.1, -0.05) is 51.2 Å². The van der Waals surface area contributed by atoms with Gasteiger partial charge in [-0.25, -0.2) is 4.39 Å². The molecular formula is C17H26FN. The van der Waals surface area contributed by atoms with Crippen LogP contribution in [0.1, 0.15) is 51.0 Å². The summed E-state index contributed by atoms with van der Waals surface area (Å²) in [6, 6.07) is 7.54. The van der Waals surface area contributed by atoms with Crippen LogP contribution in [-0.2, 0) is 6.42 Å². The molecule has 1 aromatic carbocycles. The van der Waals surface area contributed by atoms with E-state index >= 15 is 0 Å². The van der Waals surface area contributed by atoms with Crippen LogP contribution in [0.2, 0.25) is 0 Å². The molecule has 1 atom stereocenters. The van der Waals surface area contributed by atoms with E-state index in [4.69, 9.17) is 0 Å². The SMILES string of the molecule is CCNC(Cc1cccc(F)c1)CC1CCCCC1. The van der Waals surface area contributed by atoms with Gasteiger partial charge in [0.05, 0.1) is 0 Å². The fourth-order valence-electron chi connectivity index (χ4n) is 3.30. The second kappa shape index (κ2) is 7.64. The molecule has 1 unspecified atom stereocenters. The predicted octanol–water partition coefficient (Wildman–Crippen LogP) is 4.32. The van der Waals surface area contributed by atoms with Crippen molar-refractivity contribution >= 4 is 0 Å². The van der Waals surface area contributed by atoms with E-state index in [-0.39, 0.29) is 5.82 Å². The normalized spacial score (nSPS) is 18.4. The molecule has 0 heterocycles. The first-order valence-corrected chi connectivity index (χ1v) is 7.75. The molecule has 0 amide bonds. The van der Waals surface area contributed by atoms with Crippen LogP contribution in [0.5, 0.6) is 0 Å². The second-order valence-corrected chi connectivity index (χ2v) is 5.83. The van der Waals surface area contributed by atoms with Crippen LogP contribution in [0.25, 0.3) is 0 Å². The van der Waals surface area contributed by atoms with E-state index in [2.05, 4.69) is 12.2 Å². The van der Waals surface area contributed by atoms with Crippen molar-refractivity contribution in [3.05, 3.63) is 35.6 Å². The molecule has 1 nitrogen and oxygen atoms in total. The highest BCUT2D eigenvalue weighted by Crippen LogP contribution is 2.28. The molecule has 1 N–H and O–H groups in total. The van der Waals surface area contributed by atoms with Crippen molar-refractivity contribution in [3.8, 4) is 0 Å². The van der Waals surface area contributed by atoms with E-state index in [9.17, 15) is 4.39 Å². The summed E-state index contributed by atoms with van der Waals surface area (Å²) in [6.07, 6.45) is 9.14. The van der Waals surface area contributed by atoms with Crippen LogP contribution in [0.15, 0.2) is 24.3 Å². The van der Waals surface area contributed by atoms with Crippen LogP contribution in [0, 0.1) is 11.7 Å². The molecule has 1 fully saturated rings. The number of hydrogen-bond donors (Lipinski definition) is 1. The molecule has 0 radical (unpaired) electrons. The van der Waals surface area contributed by atoms with E-state index in [0.717, 1.165) is 24.4 Å². The van der Waals surface area contributed by atoms with Crippen LogP contribution in [0.4, 0.5) is 4.39 Å². The molecule has 19 heavy (non-hydrogen) atoms. The van der Waals surface area contributed by atoms with Gasteiger partial charge in [0, 0.05) is 6.04 Å². The average Bonchev–Trinajstić information content (AvgIpc) is 2.40. The first-order chi connectivity index (χ1) is 9.28. The quantitative estimate of drug-likeness (QED) is 0.806. The molecule has 0 aliphatic heterocycles. The smallest absolute Gasteiger partial charge is 0.123 e. The molecule has 1 aliphatic rings. The minimum Gasteiger partial charge on any atom is -0.314 e. The van der Waals surface area contributed by atoms with Crippen LogP contribution < -0.4 is 5.32 Å². The Balaban J connectivity index is 1.91. The van der Waals surface area contributed by atoms with Gasteiger partial charge in [-0.05, 0) is 43.0 Å². The maximum Gasteiger partial charge on any atom is 0.123 e. The van der Waals surface area contributed by atoms with Crippen LogP contribution in [0.3, 0.4) is 0 Å². The molecule has 0 saturated heterocycles. The van der Waals surface area contributed by atoms with E-state index in [1.165, 1.54) is 44.6 Å². The summed E-state index contributed by atoms with van der Waals surface area (Å²) >= 11 is 0. The number of halogens is 1. The van der Waals surface area contributed by atoms with Crippen molar-refractivity contribution in [1.82, 2.24) is 5.32 Å². The standard InChI is InChI=1S/C17H26FN/c1-2-19-17(12-14-7-4-3-5-8-14)13-15-9-6-10-16(18)11-15/h6,9-11,14,17,19H,2-5,7-8,12-13H2,1H3. The highest BCUT2D eigenvalue weighted by Gasteiger charge is 2.18. The predicted molar refractivity (Wildman–Crippen MR) is 78.8 cm³/mol. The fourth-order valence-corrected chi connectivity index (χ4v) is 3.30. The number of benzene rings is 1. The number of likely N-dealkylation sites (N-methyl/N-ethyl adjacent to an activating group) is 1. The third-order valence-corrected chi connectivity index (χ3v) is 4.21. The molecule has 1 saturated carbocycles. The monoisotopic (exact) mass is 263 g/mol. The van der Waals surface area contributed by atoms with E-state index in [0.29, 0.717) is 6.04 Å². The molecule has 0 bridgehead atoms. The van der Waals surface area contributed by atoms with Gasteiger partial charge in [-0.3, -0.25) is 0 Å². The van der Waals surface area contributed by atoms with Gasteiger partial charge < -0.3 is 5.32 Å². The lowest BCUT2D eigenvalue weighted by atomic mass is 9.83. The lowest BCUT2D eigenvalue weighted by Crippen LogP contribution is -2.33. The van der Waals surface area contributed by atoms with Crippen LogP contribution in [-0.4, -0.2) is 12.6 Å². The Morgan fingerprint density at radius 1 is 1.26 bits per heavy atom. The zero-order valence-electron chi connectivity index (χ0n) is 12.0. The summed E-state index contributed by atoms with van der Waals surface area (Å²) < 4.78 is 13.2. The summed E-state index contributed by atoms with van der Waals surface area (Å²) in [5, 5.41) is 3.58. The molecule has 2 heteroatoms. The summed E-state index contributed by atoms with van der Waals surface area (Å²) in [4.78, 5) is 0. The fraction of sp³-hybridized carbons (Fsp3) is 0.647. The lowest BCUT2D eigenvalue weighted by molar-refractivity contribution is 0.298. The Morgan fingerprint density at radius 2 is 2.05 bits per heavy atom. The first-order valence-electron chi connectivity index (χ1n) is 7.75. The summed E-state index contributed by atoms with van der Waals surface area (Å²) in [5.41, 5.74) is 1.11. The molecular weight excluding hydrogens is 237 g/mol. The number of nitrogens with one attached hydrogen (secondary N) is 1. The van der Waals surface area contributed by atoms with Crippen molar-refractivity contribution in [3.63, 3.8) is 0 Å². The van der Waals surface area contributed by atoms with Crippen molar-refractivity contribution in [1.29, 1.82) is 0 Å². The van der Waals surface area contributed by atoms with Gasteiger partial charge in [0.1, 0.15) is 5.82 Å². The van der Waals surface area contributed by atoms with Gasteiger partial charge in [-0.2, -0.15) is 0 Å². The van der Waals surface area contributed by atoms with Crippen molar-refractivity contribution < 1.29 is 4.39 Å². The summed E-state index contributed by atoms with van der Waals surface area (Å²) in [6.45, 7) is 3.14. The van der Waals surface area contributed by atoms with Gasteiger partial charge >= 0.3 is 0 Å². The molecule has 0 spiro atoms. The Kier molecular flexibility index (Phi) is 5.84. The first kappa shape index (κ1) is 14.5. The third-order valence-electron chi connectivity index (χ3n) is 4.21. The Labute approximate surface area is 116 Å². The molecule has 1 aromatic rings. The topological polar surface area (TPSA) is 12.0 Å². The maximum absolute atomic E-state index is 13.2. The Morgan fingerprint density at radius 3 is 2.74 bits per heavy atom. The van der Waals surface area contributed by atoms with Crippen LogP contribution >= 0.6 is 0 Å². The molecule has 0 aromatic heterocycles. The molecule has 106 valence electrons. The summed E-state index contributed by atoms with van der Waals surface area (Å²) in [7, 11) is 0. The maximum atomic E-state index is 13.2.